The number of benzene rings is 3. The van der Waals surface area contributed by atoms with Gasteiger partial charge in [-0.1, -0.05) is 6.92 Å². The van der Waals surface area contributed by atoms with E-state index in [1.807, 2.05) is 24.3 Å². The summed E-state index contributed by atoms with van der Waals surface area (Å²) in [5.41, 5.74) is 3.93. The van der Waals surface area contributed by atoms with Crippen molar-refractivity contribution in [3.63, 3.8) is 0 Å². The van der Waals surface area contributed by atoms with Gasteiger partial charge >= 0.3 is 380 Å². The first kappa shape index (κ1) is 53.6. The first-order valence-corrected chi connectivity index (χ1v) is 29.7. The number of unbranched alkanes of at least 4 members (excludes halogenated alkanes) is 6. The van der Waals surface area contributed by atoms with E-state index in [0.717, 1.165) is 38.5 Å². The molecular weight excluding hydrogens is 843 g/mol. The zero-order valence-electron chi connectivity index (χ0n) is 41.5. The maximum absolute atomic E-state index is 7.16. The zero-order chi connectivity index (χ0) is 46.0. The van der Waals surface area contributed by atoms with Crippen LogP contribution in [0.1, 0.15) is 196 Å². The monoisotopic (exact) mass is 932 g/mol. The molecule has 0 amide bonds. The number of nitrogens with zero attached hydrogens (tertiary/aromatic N) is 1. The standard InChI is InChI=1S/C51H88N3O6P3/c1-13-19-22-37-49(7,8)43-25-31-46(32-26-43)58-61(55-40-16-4)52-62(56-41-17-5,59-47-33-27-44(28-34-47)50(9,10)38-23-20-14-2)54-63(53-61,57-42-18-6)60-48-35-29-45(30-36-48)51(11,12)39-24-21-15-3/h25-36,52-53,61-62H,13-24,37-42H2,1-12H3. The summed E-state index contributed by atoms with van der Waals surface area (Å²) in [7, 11) is -11.2. The van der Waals surface area contributed by atoms with E-state index >= 15 is 0 Å². The van der Waals surface area contributed by atoms with Gasteiger partial charge in [0.25, 0.3) is 0 Å². The molecule has 358 valence electrons. The third-order valence-electron chi connectivity index (χ3n) is 12.2. The minimum absolute atomic E-state index is 0.0327. The van der Waals surface area contributed by atoms with E-state index in [1.165, 1.54) is 74.5 Å². The van der Waals surface area contributed by atoms with Gasteiger partial charge in [0.2, 0.25) is 0 Å². The molecule has 9 nitrogen and oxygen atoms in total. The molecule has 1 aliphatic heterocycles. The van der Waals surface area contributed by atoms with Crippen molar-refractivity contribution in [1.82, 2.24) is 9.72 Å². The predicted molar refractivity (Wildman–Crippen MR) is 274 cm³/mol. The van der Waals surface area contributed by atoms with Crippen LogP contribution in [0.2, 0.25) is 0 Å². The Bertz CT molecular complexity index is 1820. The SMILES string of the molecule is CCCCCC(C)(C)c1ccc(OP2(OCCC)=N[PH](OCCC)(Oc3ccc(C(C)(C)CCCCC)cc3)N[PH](OCCC)(Oc3ccc(C(C)(C)CCCCC)cc3)N2)cc1. The normalized spacial score (nSPS) is 18.6. The van der Waals surface area contributed by atoms with Crippen LogP contribution in [0.25, 0.3) is 0 Å². The summed E-state index contributed by atoms with van der Waals surface area (Å²) in [4.78, 5) is 7.49. The Morgan fingerprint density at radius 2 is 0.873 bits per heavy atom. The fourth-order valence-corrected chi connectivity index (χ4v) is 20.2. The van der Waals surface area contributed by atoms with Crippen molar-refractivity contribution in [3.05, 3.63) is 89.5 Å². The van der Waals surface area contributed by atoms with Crippen molar-refractivity contribution in [2.24, 2.45) is 4.52 Å². The molecule has 12 heteroatoms. The van der Waals surface area contributed by atoms with Gasteiger partial charge in [-0.25, -0.2) is 0 Å². The van der Waals surface area contributed by atoms with E-state index in [-0.39, 0.29) is 16.2 Å². The molecule has 1 unspecified atom stereocenters. The van der Waals surface area contributed by atoms with E-state index in [2.05, 4.69) is 141 Å². The van der Waals surface area contributed by atoms with Crippen LogP contribution >= 0.6 is 23.7 Å². The average Bonchev–Trinajstić information content (AvgIpc) is 3.25. The summed E-state index contributed by atoms with van der Waals surface area (Å²) in [6, 6.07) is 25.4. The number of rotatable bonds is 30. The molecule has 0 radical (unpaired) electrons. The van der Waals surface area contributed by atoms with Crippen molar-refractivity contribution in [3.8, 4) is 17.2 Å². The Kier molecular flexibility index (Phi) is 21.4. The van der Waals surface area contributed by atoms with Gasteiger partial charge in [-0.05, 0) is 0 Å². The summed E-state index contributed by atoms with van der Waals surface area (Å²) in [6.45, 7) is 28.2. The van der Waals surface area contributed by atoms with Crippen molar-refractivity contribution < 1.29 is 27.1 Å². The molecule has 0 spiro atoms. The fourth-order valence-electron chi connectivity index (χ4n) is 8.03. The number of nitrogens with one attached hydrogen (secondary N) is 2. The van der Waals surface area contributed by atoms with Crippen LogP contribution in [0.3, 0.4) is 0 Å². The zero-order valence-corrected chi connectivity index (χ0v) is 44.4. The van der Waals surface area contributed by atoms with Crippen LogP contribution in [-0.4, -0.2) is 19.8 Å². The van der Waals surface area contributed by atoms with Crippen molar-refractivity contribution in [1.29, 1.82) is 0 Å². The van der Waals surface area contributed by atoms with Gasteiger partial charge in [0, 0.05) is 0 Å². The van der Waals surface area contributed by atoms with E-state index in [4.69, 9.17) is 31.7 Å². The Morgan fingerprint density at radius 1 is 0.476 bits per heavy atom. The van der Waals surface area contributed by atoms with E-state index in [0.29, 0.717) is 37.1 Å². The van der Waals surface area contributed by atoms with Gasteiger partial charge in [-0.15, -0.1) is 0 Å². The summed E-state index contributed by atoms with van der Waals surface area (Å²) < 4.78 is 47.6. The van der Waals surface area contributed by atoms with Gasteiger partial charge < -0.3 is 0 Å². The number of hydrogen-bond acceptors (Lipinski definition) is 9. The quantitative estimate of drug-likeness (QED) is 0.0505. The topological polar surface area (TPSA) is 91.8 Å². The average molecular weight is 932 g/mol. The molecule has 1 atom stereocenters. The maximum atomic E-state index is 7.16. The molecule has 0 aromatic heterocycles. The molecule has 63 heavy (non-hydrogen) atoms. The molecule has 0 aliphatic carbocycles. The third kappa shape index (κ3) is 16.1. The molecule has 0 fully saturated rings. The predicted octanol–water partition coefficient (Wildman–Crippen LogP) is 17.0. The second-order valence-corrected chi connectivity index (χ2v) is 27.0. The van der Waals surface area contributed by atoms with Crippen molar-refractivity contribution >= 4 is 23.7 Å². The van der Waals surface area contributed by atoms with Crippen LogP contribution in [0.15, 0.2) is 77.3 Å². The first-order chi connectivity index (χ1) is 30.0. The molecule has 3 aromatic carbocycles. The molecule has 0 bridgehead atoms. The molecule has 4 rings (SSSR count). The first-order valence-electron chi connectivity index (χ1n) is 24.6. The molecule has 1 heterocycles. The Morgan fingerprint density at radius 3 is 1.29 bits per heavy atom. The van der Waals surface area contributed by atoms with Gasteiger partial charge in [-0.2, -0.15) is 0 Å². The summed E-state index contributed by atoms with van der Waals surface area (Å²) >= 11 is 0. The van der Waals surface area contributed by atoms with Crippen molar-refractivity contribution in [2.75, 3.05) is 19.8 Å². The van der Waals surface area contributed by atoms with Crippen LogP contribution < -0.4 is 23.3 Å². The Labute approximate surface area is 385 Å². The van der Waals surface area contributed by atoms with E-state index in [9.17, 15) is 0 Å². The van der Waals surface area contributed by atoms with Crippen LogP contribution in [0, 0.1) is 0 Å². The summed E-state index contributed by atoms with van der Waals surface area (Å²) in [5.74, 6) is 1.97. The van der Waals surface area contributed by atoms with Crippen LogP contribution in [0.5, 0.6) is 17.2 Å². The van der Waals surface area contributed by atoms with E-state index in [1.54, 1.807) is 0 Å². The van der Waals surface area contributed by atoms with Crippen LogP contribution in [-0.2, 0) is 29.8 Å². The molecule has 0 saturated heterocycles. The summed E-state index contributed by atoms with van der Waals surface area (Å²) in [5, 5.41) is 0. The number of hydrogen-bond donors (Lipinski definition) is 2. The molecular formula is C51H88N3O6P3. The van der Waals surface area contributed by atoms with Gasteiger partial charge in [-0.3, -0.25) is 0 Å². The van der Waals surface area contributed by atoms with E-state index < -0.39 is 23.7 Å². The third-order valence-corrected chi connectivity index (χ3v) is 22.5. The Hall–Kier alpha value is -2.05. The van der Waals surface area contributed by atoms with Gasteiger partial charge in [0.1, 0.15) is 0 Å². The van der Waals surface area contributed by atoms with Gasteiger partial charge in [0.15, 0.2) is 0 Å². The van der Waals surface area contributed by atoms with Gasteiger partial charge in [0.05, 0.1) is 0 Å². The molecule has 0 saturated carbocycles. The second-order valence-electron chi connectivity index (χ2n) is 19.5. The minimum atomic E-state index is -3.91. The van der Waals surface area contributed by atoms with Crippen molar-refractivity contribution in [2.45, 2.75) is 196 Å². The molecule has 3 aromatic rings. The van der Waals surface area contributed by atoms with Crippen LogP contribution in [0.4, 0.5) is 0 Å². The Balaban J connectivity index is 1.86. The fraction of sp³-hybridized carbons (Fsp3) is 0.647. The summed E-state index contributed by atoms with van der Waals surface area (Å²) in [6.07, 6.45) is 16.6. The molecule has 2 N–H and O–H groups in total. The second kappa shape index (κ2) is 25.2. The molecule has 1 aliphatic rings.